The number of nitrogens with one attached hydrogen (secondary N) is 2. The van der Waals surface area contributed by atoms with Crippen LogP contribution in [-0.4, -0.2) is 45.2 Å². The van der Waals surface area contributed by atoms with Crippen LogP contribution in [0, 0.1) is 0 Å². The molecular formula is C21H28N3O2+. The summed E-state index contributed by atoms with van der Waals surface area (Å²) in [6, 6.07) is 18.2. The van der Waals surface area contributed by atoms with E-state index in [-0.39, 0.29) is 11.9 Å². The molecule has 1 aliphatic heterocycles. The normalized spacial score (nSPS) is 16.2. The van der Waals surface area contributed by atoms with Crippen molar-refractivity contribution in [3.63, 3.8) is 0 Å². The van der Waals surface area contributed by atoms with Gasteiger partial charge in [-0.15, -0.1) is 0 Å². The minimum absolute atomic E-state index is 0.0531. The molecule has 0 unspecified atom stereocenters. The van der Waals surface area contributed by atoms with E-state index in [9.17, 15) is 4.79 Å². The first kappa shape index (κ1) is 18.3. The van der Waals surface area contributed by atoms with Crippen molar-refractivity contribution in [3.8, 4) is 5.75 Å². The zero-order valence-electron chi connectivity index (χ0n) is 15.6. The van der Waals surface area contributed by atoms with Gasteiger partial charge in [-0.1, -0.05) is 36.4 Å². The van der Waals surface area contributed by atoms with Gasteiger partial charge in [0.1, 0.15) is 5.75 Å². The third kappa shape index (κ3) is 4.35. The summed E-state index contributed by atoms with van der Waals surface area (Å²) < 4.78 is 5.35. The number of carbonyl (C=O) groups is 1. The number of hydrogen-bond acceptors (Lipinski definition) is 3. The van der Waals surface area contributed by atoms with Crippen LogP contribution in [0.5, 0.6) is 5.75 Å². The quantitative estimate of drug-likeness (QED) is 0.817. The number of anilines is 1. The first-order chi connectivity index (χ1) is 12.7. The van der Waals surface area contributed by atoms with Crippen molar-refractivity contribution in [2.75, 3.05) is 38.2 Å². The fourth-order valence-electron chi connectivity index (χ4n) is 3.49. The zero-order valence-corrected chi connectivity index (χ0v) is 15.6. The Hall–Kier alpha value is -2.53. The highest BCUT2D eigenvalue weighted by Gasteiger charge is 2.29. The molecule has 3 rings (SSSR count). The second kappa shape index (κ2) is 8.72. The lowest BCUT2D eigenvalue weighted by Crippen LogP contribution is -3.19. The van der Waals surface area contributed by atoms with Crippen LogP contribution in [-0.2, 0) is 11.3 Å². The van der Waals surface area contributed by atoms with E-state index < -0.39 is 0 Å². The largest absolute Gasteiger partial charge is 0.496 e. The Bertz CT molecular complexity index is 712. The molecular weight excluding hydrogens is 326 g/mol. The smallest absolute Gasteiger partial charge is 0.278 e. The topological polar surface area (TPSA) is 46.0 Å². The molecule has 1 atom stereocenters. The molecule has 5 heteroatoms. The van der Waals surface area contributed by atoms with Gasteiger partial charge in [-0.3, -0.25) is 4.79 Å². The Kier molecular flexibility index (Phi) is 6.12. The van der Waals surface area contributed by atoms with Gasteiger partial charge in [0, 0.05) is 17.8 Å². The van der Waals surface area contributed by atoms with Gasteiger partial charge >= 0.3 is 0 Å². The SMILES string of the molecule is COc1ccccc1CNC(=O)[C@@H](C)[NH+]1CCN(c2ccccc2)CC1. The van der Waals surface area contributed by atoms with Crippen molar-refractivity contribution < 1.29 is 14.4 Å². The molecule has 2 aromatic rings. The molecule has 0 radical (unpaired) electrons. The summed E-state index contributed by atoms with van der Waals surface area (Å²) in [5, 5.41) is 3.06. The molecule has 26 heavy (non-hydrogen) atoms. The summed E-state index contributed by atoms with van der Waals surface area (Å²) in [7, 11) is 1.65. The van der Waals surface area contributed by atoms with E-state index in [0.717, 1.165) is 37.5 Å². The zero-order chi connectivity index (χ0) is 18.4. The van der Waals surface area contributed by atoms with Crippen LogP contribution in [0.2, 0.25) is 0 Å². The van der Waals surface area contributed by atoms with Gasteiger partial charge in [0.2, 0.25) is 0 Å². The third-order valence-corrected chi connectivity index (χ3v) is 5.18. The van der Waals surface area contributed by atoms with Gasteiger partial charge in [0.15, 0.2) is 6.04 Å². The van der Waals surface area contributed by atoms with E-state index >= 15 is 0 Å². The maximum absolute atomic E-state index is 12.6. The summed E-state index contributed by atoms with van der Waals surface area (Å²) in [6.07, 6.45) is 0. The molecule has 2 aromatic carbocycles. The minimum Gasteiger partial charge on any atom is -0.496 e. The summed E-state index contributed by atoms with van der Waals surface area (Å²) in [5.41, 5.74) is 2.26. The Morgan fingerprint density at radius 3 is 2.46 bits per heavy atom. The Morgan fingerprint density at radius 1 is 1.12 bits per heavy atom. The van der Waals surface area contributed by atoms with Crippen molar-refractivity contribution >= 4 is 11.6 Å². The first-order valence-corrected chi connectivity index (χ1v) is 9.23. The number of quaternary nitrogens is 1. The summed E-state index contributed by atoms with van der Waals surface area (Å²) in [6.45, 7) is 6.41. The second-order valence-electron chi connectivity index (χ2n) is 6.73. The molecule has 1 heterocycles. The van der Waals surface area contributed by atoms with Crippen LogP contribution in [0.25, 0.3) is 0 Å². The number of benzene rings is 2. The number of ether oxygens (including phenoxy) is 1. The lowest BCUT2D eigenvalue weighted by atomic mass is 10.1. The molecule has 0 aliphatic carbocycles. The van der Waals surface area contributed by atoms with E-state index in [4.69, 9.17) is 4.74 Å². The van der Waals surface area contributed by atoms with Gasteiger partial charge in [-0.2, -0.15) is 0 Å². The molecule has 0 spiro atoms. The second-order valence-corrected chi connectivity index (χ2v) is 6.73. The standard InChI is InChI=1S/C21H27N3O2/c1-17(21(25)22-16-18-8-6-7-11-20(18)26-2)23-12-14-24(15-13-23)19-9-4-3-5-10-19/h3-11,17H,12-16H2,1-2H3,(H,22,25)/p+1/t17-/m1/s1. The van der Waals surface area contributed by atoms with E-state index in [1.807, 2.05) is 37.3 Å². The maximum atomic E-state index is 12.6. The van der Waals surface area contributed by atoms with Crippen LogP contribution in [0.3, 0.4) is 0 Å². The van der Waals surface area contributed by atoms with E-state index in [1.165, 1.54) is 10.6 Å². The first-order valence-electron chi connectivity index (χ1n) is 9.23. The average molecular weight is 354 g/mol. The van der Waals surface area contributed by atoms with Crippen LogP contribution < -0.4 is 19.9 Å². The molecule has 1 saturated heterocycles. The Morgan fingerprint density at radius 2 is 1.77 bits per heavy atom. The van der Waals surface area contributed by atoms with Crippen molar-refractivity contribution in [3.05, 3.63) is 60.2 Å². The number of hydrogen-bond donors (Lipinski definition) is 2. The fraction of sp³-hybridized carbons (Fsp3) is 0.381. The van der Waals surface area contributed by atoms with Crippen LogP contribution >= 0.6 is 0 Å². The third-order valence-electron chi connectivity index (χ3n) is 5.18. The highest BCUT2D eigenvalue weighted by Crippen LogP contribution is 2.16. The molecule has 0 saturated carbocycles. The van der Waals surface area contributed by atoms with Gasteiger partial charge in [-0.25, -0.2) is 0 Å². The number of nitrogens with zero attached hydrogens (tertiary/aromatic N) is 1. The van der Waals surface area contributed by atoms with Crippen LogP contribution in [0.1, 0.15) is 12.5 Å². The fourth-order valence-corrected chi connectivity index (χ4v) is 3.49. The molecule has 1 aliphatic rings. The average Bonchev–Trinajstić information content (AvgIpc) is 2.72. The lowest BCUT2D eigenvalue weighted by Gasteiger charge is -2.36. The van der Waals surface area contributed by atoms with E-state index in [1.54, 1.807) is 7.11 Å². The van der Waals surface area contributed by atoms with Gasteiger partial charge in [0.25, 0.3) is 5.91 Å². The molecule has 0 bridgehead atoms. The summed E-state index contributed by atoms with van der Waals surface area (Å²) >= 11 is 0. The Balaban J connectivity index is 1.50. The van der Waals surface area contributed by atoms with Gasteiger partial charge in [0.05, 0.1) is 33.3 Å². The van der Waals surface area contributed by atoms with Crippen molar-refractivity contribution in [1.82, 2.24) is 5.32 Å². The highest BCUT2D eigenvalue weighted by atomic mass is 16.5. The van der Waals surface area contributed by atoms with Gasteiger partial charge < -0.3 is 19.9 Å². The minimum atomic E-state index is -0.0531. The van der Waals surface area contributed by atoms with Crippen molar-refractivity contribution in [1.29, 1.82) is 0 Å². The molecule has 5 nitrogen and oxygen atoms in total. The van der Waals surface area contributed by atoms with Crippen LogP contribution in [0.15, 0.2) is 54.6 Å². The number of para-hydroxylation sites is 2. The lowest BCUT2D eigenvalue weighted by molar-refractivity contribution is -0.914. The highest BCUT2D eigenvalue weighted by molar-refractivity contribution is 5.80. The molecule has 2 N–H and O–H groups in total. The number of carbonyl (C=O) groups excluding carboxylic acids is 1. The van der Waals surface area contributed by atoms with Crippen LogP contribution in [0.4, 0.5) is 5.69 Å². The summed E-state index contributed by atoms with van der Waals surface area (Å²) in [4.78, 5) is 16.3. The number of rotatable bonds is 6. The van der Waals surface area contributed by atoms with Crippen molar-refractivity contribution in [2.45, 2.75) is 19.5 Å². The van der Waals surface area contributed by atoms with E-state index in [2.05, 4.69) is 34.5 Å². The monoisotopic (exact) mass is 354 g/mol. The molecule has 0 aromatic heterocycles. The van der Waals surface area contributed by atoms with Gasteiger partial charge in [-0.05, 0) is 25.1 Å². The number of methoxy groups -OCH3 is 1. The number of piperazine rings is 1. The molecule has 1 amide bonds. The number of amides is 1. The predicted octanol–water partition coefficient (Wildman–Crippen LogP) is 1.11. The van der Waals surface area contributed by atoms with E-state index in [0.29, 0.717) is 6.54 Å². The molecule has 1 fully saturated rings. The predicted molar refractivity (Wildman–Crippen MR) is 104 cm³/mol. The van der Waals surface area contributed by atoms with Crippen molar-refractivity contribution in [2.24, 2.45) is 0 Å². The molecule has 138 valence electrons. The Labute approximate surface area is 155 Å². The summed E-state index contributed by atoms with van der Waals surface area (Å²) in [5.74, 6) is 0.906. The maximum Gasteiger partial charge on any atom is 0.278 e.